The molecule has 1 aromatic heterocycles. The third-order valence-electron chi connectivity index (χ3n) is 4.47. The second-order valence-corrected chi connectivity index (χ2v) is 6.44. The van der Waals surface area contributed by atoms with E-state index in [1.807, 2.05) is 37.3 Å². The molecule has 3 rings (SSSR count). The molecule has 0 amide bonds. The molecule has 2 aromatic carbocycles. The van der Waals surface area contributed by atoms with Gasteiger partial charge in [0.2, 0.25) is 0 Å². The molecule has 0 radical (unpaired) electrons. The molecule has 0 aliphatic carbocycles. The van der Waals surface area contributed by atoms with Gasteiger partial charge in [-0.15, -0.1) is 0 Å². The van der Waals surface area contributed by atoms with E-state index in [2.05, 4.69) is 22.5 Å². The molecule has 0 saturated carbocycles. The fraction of sp³-hybridized carbons (Fsp3) is 0.273. The number of hydrogen-bond donors (Lipinski definition) is 2. The molecule has 0 bridgehead atoms. The van der Waals surface area contributed by atoms with Gasteiger partial charge in [-0.2, -0.15) is 0 Å². The summed E-state index contributed by atoms with van der Waals surface area (Å²) in [6.45, 7) is 4.61. The Morgan fingerprint density at radius 1 is 1.15 bits per heavy atom. The van der Waals surface area contributed by atoms with Gasteiger partial charge in [0.1, 0.15) is 5.82 Å². The first kappa shape index (κ1) is 18.8. The summed E-state index contributed by atoms with van der Waals surface area (Å²) in [5.41, 5.74) is 2.98. The Bertz CT molecular complexity index is 941. The highest BCUT2D eigenvalue weighted by Crippen LogP contribution is 2.33. The molecule has 0 fully saturated rings. The Kier molecular flexibility index (Phi) is 6.01. The number of nitrogens with zero attached hydrogens (tertiary/aromatic N) is 1. The molecular formula is C22H24FN3O. The minimum absolute atomic E-state index is 0.00681. The predicted molar refractivity (Wildman–Crippen MR) is 109 cm³/mol. The highest BCUT2D eigenvalue weighted by Gasteiger charge is 2.17. The van der Waals surface area contributed by atoms with Crippen LogP contribution in [0.4, 0.5) is 21.5 Å². The molecule has 0 aliphatic heterocycles. The van der Waals surface area contributed by atoms with Crippen molar-refractivity contribution in [2.75, 3.05) is 17.2 Å². The largest absolute Gasteiger partial charge is 0.383 e. The monoisotopic (exact) mass is 365 g/mol. The number of unbranched alkanes of at least 4 members (excludes halogenated alkanes) is 1. The van der Waals surface area contributed by atoms with Crippen LogP contribution in [-0.2, 0) is 0 Å². The van der Waals surface area contributed by atoms with Crippen LogP contribution in [0, 0.1) is 5.82 Å². The van der Waals surface area contributed by atoms with E-state index < -0.39 is 0 Å². The summed E-state index contributed by atoms with van der Waals surface area (Å²) in [5, 5.41) is 7.20. The number of carbonyl (C=O) groups excluding carboxylic acids is 1. The predicted octanol–water partition coefficient (Wildman–Crippen LogP) is 5.92. The lowest BCUT2D eigenvalue weighted by Crippen LogP contribution is -2.07. The summed E-state index contributed by atoms with van der Waals surface area (Å²) in [6, 6.07) is 12.8. The number of aromatic nitrogens is 1. The highest BCUT2D eigenvalue weighted by molar-refractivity contribution is 6.09. The molecule has 27 heavy (non-hydrogen) atoms. The normalized spacial score (nSPS) is 10.8. The van der Waals surface area contributed by atoms with Crippen molar-refractivity contribution in [3.8, 4) is 0 Å². The molecule has 2 N–H and O–H groups in total. The Balaban J connectivity index is 2.13. The smallest absolute Gasteiger partial charge is 0.166 e. The number of benzene rings is 2. The third kappa shape index (κ3) is 4.25. The quantitative estimate of drug-likeness (QED) is 0.384. The van der Waals surface area contributed by atoms with Crippen LogP contribution >= 0.6 is 0 Å². The average Bonchev–Trinajstić information content (AvgIpc) is 2.69. The number of para-hydroxylation sites is 1. The summed E-state index contributed by atoms with van der Waals surface area (Å²) in [6.07, 6.45) is 3.89. The van der Waals surface area contributed by atoms with Crippen LogP contribution in [-0.4, -0.2) is 17.3 Å². The lowest BCUT2D eigenvalue weighted by molar-refractivity contribution is 0.0989. The van der Waals surface area contributed by atoms with Crippen LogP contribution in [0.2, 0.25) is 0 Å². The van der Waals surface area contributed by atoms with Gasteiger partial charge in [-0.25, -0.2) is 4.39 Å². The van der Waals surface area contributed by atoms with Crippen LogP contribution in [0.25, 0.3) is 10.9 Å². The maximum atomic E-state index is 14.4. The molecule has 140 valence electrons. The molecule has 0 aliphatic rings. The number of rotatable bonds is 8. The summed E-state index contributed by atoms with van der Waals surface area (Å²) in [4.78, 5) is 16.8. The molecule has 0 saturated heterocycles. The molecular weight excluding hydrogens is 341 g/mol. The van der Waals surface area contributed by atoms with Gasteiger partial charge in [0.05, 0.1) is 22.5 Å². The van der Waals surface area contributed by atoms with Crippen molar-refractivity contribution in [3.05, 3.63) is 60.0 Å². The van der Waals surface area contributed by atoms with Gasteiger partial charge in [-0.3, -0.25) is 9.78 Å². The minimum atomic E-state index is -0.341. The zero-order chi connectivity index (χ0) is 19.2. The van der Waals surface area contributed by atoms with Crippen molar-refractivity contribution in [2.45, 2.75) is 33.1 Å². The van der Waals surface area contributed by atoms with Crippen molar-refractivity contribution >= 4 is 33.7 Å². The van der Waals surface area contributed by atoms with Gasteiger partial charge in [-0.1, -0.05) is 38.5 Å². The van der Waals surface area contributed by atoms with E-state index in [-0.39, 0.29) is 11.6 Å². The topological polar surface area (TPSA) is 54.0 Å². The Morgan fingerprint density at radius 3 is 2.63 bits per heavy atom. The molecule has 0 unspecified atom stereocenters. The van der Waals surface area contributed by atoms with Crippen LogP contribution in [0.1, 0.15) is 43.5 Å². The second-order valence-electron chi connectivity index (χ2n) is 6.44. The van der Waals surface area contributed by atoms with E-state index >= 15 is 0 Å². The van der Waals surface area contributed by atoms with E-state index in [1.54, 1.807) is 6.07 Å². The molecule has 3 aromatic rings. The van der Waals surface area contributed by atoms with Crippen LogP contribution in [0.15, 0.2) is 48.7 Å². The zero-order valence-electron chi connectivity index (χ0n) is 15.7. The average molecular weight is 365 g/mol. The maximum absolute atomic E-state index is 14.4. The number of carbonyl (C=O) groups is 1. The first-order valence-electron chi connectivity index (χ1n) is 9.35. The van der Waals surface area contributed by atoms with Crippen molar-refractivity contribution in [1.29, 1.82) is 0 Å². The standard InChI is InChI=1S/C22H24FN3O/c1-3-5-11-24-20-12-16-19(13-18(20)23)25-14-17(21(27)4-2)22(16)26-15-9-7-6-8-10-15/h6-10,12-14,24H,3-5,11H2,1-2H3,(H,25,26). The summed E-state index contributed by atoms with van der Waals surface area (Å²) >= 11 is 0. The number of nitrogens with one attached hydrogen (secondary N) is 2. The van der Waals surface area contributed by atoms with Gasteiger partial charge in [-0.05, 0) is 24.6 Å². The third-order valence-corrected chi connectivity index (χ3v) is 4.47. The first-order valence-corrected chi connectivity index (χ1v) is 9.35. The summed E-state index contributed by atoms with van der Waals surface area (Å²) < 4.78 is 14.4. The minimum Gasteiger partial charge on any atom is -0.383 e. The van der Waals surface area contributed by atoms with Crippen molar-refractivity contribution in [2.24, 2.45) is 0 Å². The van der Waals surface area contributed by atoms with E-state index in [9.17, 15) is 9.18 Å². The molecule has 1 heterocycles. The number of pyridine rings is 1. The number of halogens is 1. The number of anilines is 3. The Morgan fingerprint density at radius 2 is 1.93 bits per heavy atom. The SMILES string of the molecule is CCCCNc1cc2c(Nc3ccccc3)c(C(=O)CC)cnc2cc1F. The van der Waals surface area contributed by atoms with E-state index in [1.165, 1.54) is 12.3 Å². The molecule has 0 spiro atoms. The van der Waals surface area contributed by atoms with Crippen molar-refractivity contribution in [1.82, 2.24) is 4.98 Å². The molecule has 5 heteroatoms. The Labute approximate surface area is 158 Å². The fourth-order valence-electron chi connectivity index (χ4n) is 2.95. The summed E-state index contributed by atoms with van der Waals surface area (Å²) in [7, 11) is 0. The Hall–Kier alpha value is -2.95. The highest BCUT2D eigenvalue weighted by atomic mass is 19.1. The van der Waals surface area contributed by atoms with Crippen molar-refractivity contribution < 1.29 is 9.18 Å². The van der Waals surface area contributed by atoms with Gasteiger partial charge in [0.25, 0.3) is 0 Å². The zero-order valence-corrected chi connectivity index (χ0v) is 15.7. The second kappa shape index (κ2) is 8.62. The first-order chi connectivity index (χ1) is 13.1. The van der Waals surface area contributed by atoms with Crippen LogP contribution in [0.5, 0.6) is 0 Å². The van der Waals surface area contributed by atoms with Crippen molar-refractivity contribution in [3.63, 3.8) is 0 Å². The molecule has 0 atom stereocenters. The van der Waals surface area contributed by atoms with Gasteiger partial charge < -0.3 is 10.6 Å². The van der Waals surface area contributed by atoms with Gasteiger partial charge in [0, 0.05) is 36.3 Å². The number of ketones is 1. The lowest BCUT2D eigenvalue weighted by atomic mass is 10.0. The fourth-order valence-corrected chi connectivity index (χ4v) is 2.95. The van der Waals surface area contributed by atoms with Gasteiger partial charge in [0.15, 0.2) is 5.78 Å². The summed E-state index contributed by atoms with van der Waals surface area (Å²) in [5.74, 6) is -0.348. The molecule has 4 nitrogen and oxygen atoms in total. The van der Waals surface area contributed by atoms with Gasteiger partial charge >= 0.3 is 0 Å². The van der Waals surface area contributed by atoms with Crippen LogP contribution in [0.3, 0.4) is 0 Å². The number of hydrogen-bond acceptors (Lipinski definition) is 4. The maximum Gasteiger partial charge on any atom is 0.166 e. The van der Waals surface area contributed by atoms with Crippen LogP contribution < -0.4 is 10.6 Å². The van der Waals surface area contributed by atoms with E-state index in [0.717, 1.165) is 23.9 Å². The number of Topliss-reactive ketones (excluding diaryl/α,β-unsaturated/α-hetero) is 1. The lowest BCUT2D eigenvalue weighted by Gasteiger charge is -2.16. The van der Waals surface area contributed by atoms with E-state index in [4.69, 9.17) is 0 Å². The number of fused-ring (bicyclic) bond motifs is 1. The van der Waals surface area contributed by atoms with E-state index in [0.29, 0.717) is 35.4 Å².